The van der Waals surface area contributed by atoms with Crippen LogP contribution in [0.3, 0.4) is 0 Å². The Labute approximate surface area is 76.0 Å². The smallest absolute Gasteiger partial charge is 0.134 e. The molecule has 64 valence electrons. The van der Waals surface area contributed by atoms with Crippen molar-refractivity contribution in [2.24, 2.45) is 5.73 Å². The molecule has 1 aliphatic carbocycles. The van der Waals surface area contributed by atoms with E-state index in [1.807, 2.05) is 0 Å². The minimum Gasteiger partial charge on any atom is -0.506 e. The molecular formula is C9H10ClNO. The summed E-state index contributed by atoms with van der Waals surface area (Å²) in [6, 6.07) is 3.58. The van der Waals surface area contributed by atoms with E-state index in [1.54, 1.807) is 12.1 Å². The van der Waals surface area contributed by atoms with Crippen molar-refractivity contribution in [1.29, 1.82) is 0 Å². The van der Waals surface area contributed by atoms with Crippen LogP contribution in [0.4, 0.5) is 0 Å². The summed E-state index contributed by atoms with van der Waals surface area (Å²) in [5, 5.41) is 9.69. The Morgan fingerprint density at radius 3 is 3.00 bits per heavy atom. The van der Waals surface area contributed by atoms with Crippen LogP contribution in [-0.4, -0.2) is 5.11 Å². The van der Waals surface area contributed by atoms with Crippen LogP contribution in [0.25, 0.3) is 0 Å². The summed E-state index contributed by atoms with van der Waals surface area (Å²) in [6.45, 7) is 0. The van der Waals surface area contributed by atoms with Crippen LogP contribution in [0.2, 0.25) is 5.02 Å². The molecule has 0 saturated heterocycles. The van der Waals surface area contributed by atoms with Gasteiger partial charge in [0.25, 0.3) is 0 Å². The predicted octanol–water partition coefficient (Wildman–Crippen LogP) is 1.99. The van der Waals surface area contributed by atoms with Crippen LogP contribution in [0.1, 0.15) is 23.6 Å². The summed E-state index contributed by atoms with van der Waals surface area (Å²) < 4.78 is 0. The molecule has 0 fully saturated rings. The molecule has 0 amide bonds. The van der Waals surface area contributed by atoms with E-state index in [4.69, 9.17) is 17.3 Å². The molecule has 0 unspecified atom stereocenters. The highest BCUT2D eigenvalue weighted by atomic mass is 35.5. The first-order valence-electron chi connectivity index (χ1n) is 3.95. The largest absolute Gasteiger partial charge is 0.506 e. The lowest BCUT2D eigenvalue weighted by Crippen LogP contribution is -2.04. The number of aryl methyl sites for hydroxylation is 1. The van der Waals surface area contributed by atoms with Crippen LogP contribution < -0.4 is 5.73 Å². The second kappa shape index (κ2) is 2.64. The standard InChI is InChI=1S/C9H10ClNO/c10-7-4-6-5(3-9(7)12)1-2-8(6)11/h3-4,8,12H,1-2,11H2/t8-/m0/s1. The van der Waals surface area contributed by atoms with Gasteiger partial charge >= 0.3 is 0 Å². The first-order valence-corrected chi connectivity index (χ1v) is 4.33. The number of benzene rings is 1. The van der Waals surface area contributed by atoms with Crippen molar-refractivity contribution in [1.82, 2.24) is 0 Å². The van der Waals surface area contributed by atoms with Crippen LogP contribution >= 0.6 is 11.6 Å². The zero-order chi connectivity index (χ0) is 8.72. The molecule has 2 rings (SSSR count). The molecule has 0 bridgehead atoms. The van der Waals surface area contributed by atoms with Crippen molar-refractivity contribution >= 4 is 11.6 Å². The van der Waals surface area contributed by atoms with Crippen LogP contribution in [-0.2, 0) is 6.42 Å². The molecule has 1 aromatic carbocycles. The molecule has 0 aliphatic heterocycles. The number of fused-ring (bicyclic) bond motifs is 1. The van der Waals surface area contributed by atoms with Crippen molar-refractivity contribution in [3.8, 4) is 5.75 Å². The third-order valence-corrected chi connectivity index (χ3v) is 2.64. The van der Waals surface area contributed by atoms with Crippen molar-refractivity contribution < 1.29 is 5.11 Å². The molecule has 0 spiro atoms. The van der Waals surface area contributed by atoms with Crippen LogP contribution in [0.5, 0.6) is 5.75 Å². The molecular weight excluding hydrogens is 174 g/mol. The summed E-state index contributed by atoms with van der Waals surface area (Å²) >= 11 is 5.75. The minimum atomic E-state index is 0.0955. The highest BCUT2D eigenvalue weighted by Gasteiger charge is 2.20. The Morgan fingerprint density at radius 2 is 2.25 bits per heavy atom. The number of halogens is 1. The number of phenols is 1. The molecule has 3 N–H and O–H groups in total. The molecule has 0 radical (unpaired) electrons. The molecule has 12 heavy (non-hydrogen) atoms. The van der Waals surface area contributed by atoms with E-state index in [1.165, 1.54) is 0 Å². The number of aromatic hydroxyl groups is 1. The molecule has 0 aromatic heterocycles. The van der Waals surface area contributed by atoms with E-state index in [-0.39, 0.29) is 11.8 Å². The second-order valence-corrected chi connectivity index (χ2v) is 3.55. The molecule has 1 aromatic rings. The summed E-state index contributed by atoms with van der Waals surface area (Å²) in [7, 11) is 0. The Balaban J connectivity index is 2.56. The minimum absolute atomic E-state index is 0.0955. The Kier molecular flexibility index (Phi) is 1.74. The number of rotatable bonds is 0. The lowest BCUT2D eigenvalue weighted by Gasteiger charge is -2.05. The molecule has 1 atom stereocenters. The molecule has 3 heteroatoms. The number of phenolic OH excluding ortho intramolecular Hbond substituents is 1. The zero-order valence-corrected chi connectivity index (χ0v) is 7.30. The Bertz CT molecular complexity index is 325. The summed E-state index contributed by atoms with van der Waals surface area (Å²) in [5.74, 6) is 0.157. The maximum Gasteiger partial charge on any atom is 0.134 e. The van der Waals surface area contributed by atoms with Gasteiger partial charge in [-0.25, -0.2) is 0 Å². The summed E-state index contributed by atoms with van der Waals surface area (Å²) in [6.07, 6.45) is 1.90. The van der Waals surface area contributed by atoms with Crippen molar-refractivity contribution in [3.05, 3.63) is 28.3 Å². The van der Waals surface area contributed by atoms with E-state index < -0.39 is 0 Å². The van der Waals surface area contributed by atoms with Gasteiger partial charge in [-0.15, -0.1) is 0 Å². The lowest BCUT2D eigenvalue weighted by atomic mass is 10.1. The SMILES string of the molecule is N[C@H]1CCc2cc(O)c(Cl)cc21. The number of hydrogen-bond donors (Lipinski definition) is 2. The topological polar surface area (TPSA) is 46.2 Å². The van der Waals surface area contributed by atoms with E-state index in [0.29, 0.717) is 5.02 Å². The van der Waals surface area contributed by atoms with Gasteiger partial charge in [-0.3, -0.25) is 0 Å². The van der Waals surface area contributed by atoms with Gasteiger partial charge in [0.2, 0.25) is 0 Å². The highest BCUT2D eigenvalue weighted by Crippen LogP contribution is 2.35. The summed E-state index contributed by atoms with van der Waals surface area (Å²) in [5.41, 5.74) is 8.04. The Hall–Kier alpha value is -0.730. The van der Waals surface area contributed by atoms with Gasteiger partial charge in [0.15, 0.2) is 0 Å². The van der Waals surface area contributed by atoms with Crippen molar-refractivity contribution in [2.75, 3.05) is 0 Å². The molecule has 0 saturated carbocycles. The average molecular weight is 184 g/mol. The average Bonchev–Trinajstić information content (AvgIpc) is 2.35. The fraction of sp³-hybridized carbons (Fsp3) is 0.333. The van der Waals surface area contributed by atoms with Crippen LogP contribution in [0, 0.1) is 0 Å². The normalized spacial score (nSPS) is 21.0. The second-order valence-electron chi connectivity index (χ2n) is 3.15. The third kappa shape index (κ3) is 1.08. The van der Waals surface area contributed by atoms with Crippen LogP contribution in [0.15, 0.2) is 12.1 Å². The van der Waals surface area contributed by atoms with Gasteiger partial charge < -0.3 is 10.8 Å². The maximum absolute atomic E-state index is 9.30. The highest BCUT2D eigenvalue weighted by molar-refractivity contribution is 6.32. The van der Waals surface area contributed by atoms with E-state index in [2.05, 4.69) is 0 Å². The fourth-order valence-corrected chi connectivity index (χ4v) is 1.82. The molecule has 0 heterocycles. The fourth-order valence-electron chi connectivity index (χ4n) is 1.65. The van der Waals surface area contributed by atoms with Crippen molar-refractivity contribution in [2.45, 2.75) is 18.9 Å². The maximum atomic E-state index is 9.30. The van der Waals surface area contributed by atoms with E-state index in [0.717, 1.165) is 24.0 Å². The molecule has 2 nitrogen and oxygen atoms in total. The van der Waals surface area contributed by atoms with Gasteiger partial charge in [-0.05, 0) is 36.1 Å². The number of hydrogen-bond acceptors (Lipinski definition) is 2. The first kappa shape index (κ1) is 7.90. The van der Waals surface area contributed by atoms with Gasteiger partial charge in [-0.1, -0.05) is 11.6 Å². The van der Waals surface area contributed by atoms with Gasteiger partial charge in [0.1, 0.15) is 5.75 Å². The Morgan fingerprint density at radius 1 is 1.50 bits per heavy atom. The molecule has 1 aliphatic rings. The first-order chi connectivity index (χ1) is 5.68. The van der Waals surface area contributed by atoms with Gasteiger partial charge in [0.05, 0.1) is 5.02 Å². The van der Waals surface area contributed by atoms with E-state index >= 15 is 0 Å². The van der Waals surface area contributed by atoms with E-state index in [9.17, 15) is 5.11 Å². The third-order valence-electron chi connectivity index (χ3n) is 2.33. The zero-order valence-electron chi connectivity index (χ0n) is 6.55. The van der Waals surface area contributed by atoms with Crippen molar-refractivity contribution in [3.63, 3.8) is 0 Å². The predicted molar refractivity (Wildman–Crippen MR) is 48.4 cm³/mol. The monoisotopic (exact) mass is 183 g/mol. The number of nitrogens with two attached hydrogens (primary N) is 1. The van der Waals surface area contributed by atoms with Gasteiger partial charge in [-0.2, -0.15) is 0 Å². The van der Waals surface area contributed by atoms with Gasteiger partial charge in [0, 0.05) is 6.04 Å². The summed E-state index contributed by atoms with van der Waals surface area (Å²) in [4.78, 5) is 0. The lowest BCUT2D eigenvalue weighted by molar-refractivity contribution is 0.475. The quantitative estimate of drug-likeness (QED) is 0.646.